The Morgan fingerprint density at radius 3 is 2.79 bits per heavy atom. The van der Waals surface area contributed by atoms with Gasteiger partial charge in [-0.1, -0.05) is 0 Å². The number of nitrogens with one attached hydrogen (secondary N) is 1. The molecule has 0 fully saturated rings. The van der Waals surface area contributed by atoms with Crippen LogP contribution in [0.4, 0.5) is 5.95 Å². The highest BCUT2D eigenvalue weighted by Crippen LogP contribution is 2.17. The zero-order valence-electron chi connectivity index (χ0n) is 9.32. The first kappa shape index (κ1) is 11.4. The molecule has 0 spiro atoms. The molecular formula is C10H19N3S. The highest BCUT2D eigenvalue weighted by Gasteiger charge is 2.09. The average Bonchev–Trinajstić information content (AvgIpc) is 2.51. The lowest BCUT2D eigenvalue weighted by Gasteiger charge is -2.17. The fraction of sp³-hybridized carbons (Fsp3) is 0.700. The minimum Gasteiger partial charge on any atom is -0.353 e. The highest BCUT2D eigenvalue weighted by atomic mass is 32.2. The molecule has 14 heavy (non-hydrogen) atoms. The van der Waals surface area contributed by atoms with Gasteiger partial charge in [0.1, 0.15) is 0 Å². The summed E-state index contributed by atoms with van der Waals surface area (Å²) in [5.74, 6) is 2.09. The first-order valence-corrected chi connectivity index (χ1v) is 6.32. The summed E-state index contributed by atoms with van der Waals surface area (Å²) in [5.41, 5.74) is 0. The molecular weight excluding hydrogens is 194 g/mol. The van der Waals surface area contributed by atoms with Gasteiger partial charge in [0.05, 0.1) is 0 Å². The van der Waals surface area contributed by atoms with Crippen LogP contribution in [0.25, 0.3) is 0 Å². The average molecular weight is 213 g/mol. The molecule has 80 valence electrons. The molecule has 1 unspecified atom stereocenters. The summed E-state index contributed by atoms with van der Waals surface area (Å²) < 4.78 is 2.19. The van der Waals surface area contributed by atoms with E-state index in [2.05, 4.69) is 41.9 Å². The third-order valence-electron chi connectivity index (χ3n) is 1.97. The van der Waals surface area contributed by atoms with Gasteiger partial charge in [-0.25, -0.2) is 4.98 Å². The summed E-state index contributed by atoms with van der Waals surface area (Å²) in [5, 5.41) is 3.34. The summed E-state index contributed by atoms with van der Waals surface area (Å²) in [4.78, 5) is 4.30. The van der Waals surface area contributed by atoms with Gasteiger partial charge in [-0.15, -0.1) is 0 Å². The minimum absolute atomic E-state index is 0.428. The van der Waals surface area contributed by atoms with Crippen molar-refractivity contribution in [3.8, 4) is 0 Å². The lowest BCUT2D eigenvalue weighted by atomic mass is 10.4. The maximum Gasteiger partial charge on any atom is 0.203 e. The Morgan fingerprint density at radius 1 is 1.50 bits per heavy atom. The van der Waals surface area contributed by atoms with Gasteiger partial charge in [0, 0.05) is 30.2 Å². The maximum absolute atomic E-state index is 4.30. The van der Waals surface area contributed by atoms with Gasteiger partial charge in [0.15, 0.2) is 0 Å². The molecule has 1 N–H and O–H groups in total. The molecule has 0 aliphatic rings. The predicted molar refractivity (Wildman–Crippen MR) is 64.1 cm³/mol. The van der Waals surface area contributed by atoms with Crippen LogP contribution in [0.1, 0.15) is 26.8 Å². The Morgan fingerprint density at radius 2 is 2.21 bits per heavy atom. The summed E-state index contributed by atoms with van der Waals surface area (Å²) >= 11 is 1.86. The van der Waals surface area contributed by atoms with Crippen LogP contribution < -0.4 is 5.32 Å². The normalized spacial score (nSPS) is 13.2. The first-order valence-electron chi connectivity index (χ1n) is 4.93. The van der Waals surface area contributed by atoms with Crippen molar-refractivity contribution in [3.63, 3.8) is 0 Å². The molecule has 0 radical (unpaired) electrons. The van der Waals surface area contributed by atoms with Gasteiger partial charge in [0.25, 0.3) is 0 Å². The lowest BCUT2D eigenvalue weighted by Crippen LogP contribution is -2.17. The molecule has 1 aromatic rings. The van der Waals surface area contributed by atoms with Crippen molar-refractivity contribution in [2.75, 3.05) is 17.3 Å². The van der Waals surface area contributed by atoms with E-state index in [0.29, 0.717) is 12.1 Å². The molecule has 3 nitrogen and oxygen atoms in total. The molecule has 0 bridgehead atoms. The Labute approximate surface area is 90.3 Å². The van der Waals surface area contributed by atoms with E-state index in [4.69, 9.17) is 0 Å². The van der Waals surface area contributed by atoms with Gasteiger partial charge in [-0.05, 0) is 27.0 Å². The van der Waals surface area contributed by atoms with Gasteiger partial charge >= 0.3 is 0 Å². The van der Waals surface area contributed by atoms with E-state index < -0.39 is 0 Å². The number of rotatable bonds is 5. The lowest BCUT2D eigenvalue weighted by molar-refractivity contribution is 0.610. The topological polar surface area (TPSA) is 29.9 Å². The number of hydrogen-bond acceptors (Lipinski definition) is 3. The molecule has 1 atom stereocenters. The molecule has 0 saturated heterocycles. The molecule has 0 saturated carbocycles. The van der Waals surface area contributed by atoms with Crippen molar-refractivity contribution in [3.05, 3.63) is 12.4 Å². The largest absolute Gasteiger partial charge is 0.353 e. The number of aromatic nitrogens is 2. The Balaban J connectivity index is 2.70. The van der Waals surface area contributed by atoms with Gasteiger partial charge in [-0.2, -0.15) is 11.8 Å². The van der Waals surface area contributed by atoms with E-state index in [1.54, 1.807) is 0 Å². The van der Waals surface area contributed by atoms with E-state index in [1.165, 1.54) is 0 Å². The minimum atomic E-state index is 0.428. The summed E-state index contributed by atoms with van der Waals surface area (Å²) in [6.07, 6.45) is 6.01. The third kappa shape index (κ3) is 2.94. The van der Waals surface area contributed by atoms with Gasteiger partial charge in [-0.3, -0.25) is 0 Å². The van der Waals surface area contributed by atoms with Crippen LogP contribution in [-0.2, 0) is 0 Å². The third-order valence-corrected chi connectivity index (χ3v) is 2.78. The summed E-state index contributed by atoms with van der Waals surface area (Å²) in [6.45, 7) is 6.46. The zero-order chi connectivity index (χ0) is 10.6. The predicted octanol–water partition coefficient (Wildman–Crippen LogP) is 2.63. The van der Waals surface area contributed by atoms with Crippen molar-refractivity contribution in [2.24, 2.45) is 0 Å². The Kier molecular flexibility index (Phi) is 4.32. The van der Waals surface area contributed by atoms with Crippen molar-refractivity contribution in [1.29, 1.82) is 0 Å². The van der Waals surface area contributed by atoms with E-state index in [9.17, 15) is 0 Å². The molecule has 1 heterocycles. The standard InChI is InChI=1S/C10H19N3S/c1-8(2)12-10-11-5-6-13(10)9(3)7-14-4/h5-6,8-9H,7H2,1-4H3,(H,11,12). The molecule has 0 aromatic carbocycles. The zero-order valence-corrected chi connectivity index (χ0v) is 10.1. The number of imidazole rings is 1. The van der Waals surface area contributed by atoms with Crippen LogP contribution in [-0.4, -0.2) is 27.6 Å². The molecule has 1 rings (SSSR count). The van der Waals surface area contributed by atoms with Crippen LogP contribution in [0, 0.1) is 0 Å². The fourth-order valence-electron chi connectivity index (χ4n) is 1.36. The van der Waals surface area contributed by atoms with Crippen LogP contribution in [0.15, 0.2) is 12.4 Å². The Hall–Kier alpha value is -0.640. The van der Waals surface area contributed by atoms with E-state index >= 15 is 0 Å². The molecule has 1 aromatic heterocycles. The summed E-state index contributed by atoms with van der Waals surface area (Å²) in [6, 6.07) is 0.923. The second-order valence-electron chi connectivity index (χ2n) is 3.76. The van der Waals surface area contributed by atoms with E-state index in [-0.39, 0.29) is 0 Å². The van der Waals surface area contributed by atoms with Gasteiger partial charge < -0.3 is 9.88 Å². The molecule has 4 heteroatoms. The second-order valence-corrected chi connectivity index (χ2v) is 4.67. The number of nitrogens with zero attached hydrogens (tertiary/aromatic N) is 2. The smallest absolute Gasteiger partial charge is 0.203 e. The summed E-state index contributed by atoms with van der Waals surface area (Å²) in [7, 11) is 0. The van der Waals surface area contributed by atoms with Crippen molar-refractivity contribution < 1.29 is 0 Å². The van der Waals surface area contributed by atoms with E-state index in [1.807, 2.05) is 24.2 Å². The van der Waals surface area contributed by atoms with Crippen molar-refractivity contribution in [2.45, 2.75) is 32.9 Å². The second kappa shape index (κ2) is 5.29. The molecule has 0 amide bonds. The number of hydrogen-bond donors (Lipinski definition) is 1. The quantitative estimate of drug-likeness (QED) is 0.815. The SMILES string of the molecule is CSCC(C)n1ccnc1NC(C)C. The monoisotopic (exact) mass is 213 g/mol. The first-order chi connectivity index (χ1) is 6.65. The molecule has 0 aliphatic heterocycles. The van der Waals surface area contributed by atoms with E-state index in [0.717, 1.165) is 11.7 Å². The fourth-order valence-corrected chi connectivity index (χ4v) is 2.00. The maximum atomic E-state index is 4.30. The highest BCUT2D eigenvalue weighted by molar-refractivity contribution is 7.98. The van der Waals surface area contributed by atoms with Crippen LogP contribution in [0.3, 0.4) is 0 Å². The van der Waals surface area contributed by atoms with Gasteiger partial charge in [0.2, 0.25) is 5.95 Å². The van der Waals surface area contributed by atoms with Crippen LogP contribution in [0.5, 0.6) is 0 Å². The van der Waals surface area contributed by atoms with Crippen LogP contribution >= 0.6 is 11.8 Å². The number of anilines is 1. The Bertz CT molecular complexity index is 270. The number of thioether (sulfide) groups is 1. The molecule has 0 aliphatic carbocycles. The van der Waals surface area contributed by atoms with Crippen molar-refractivity contribution in [1.82, 2.24) is 9.55 Å². The van der Waals surface area contributed by atoms with Crippen molar-refractivity contribution >= 4 is 17.7 Å². The van der Waals surface area contributed by atoms with Crippen LogP contribution in [0.2, 0.25) is 0 Å².